The average molecular weight is 1350 g/mol. The summed E-state index contributed by atoms with van der Waals surface area (Å²) in [6.45, 7) is 12.7. The van der Waals surface area contributed by atoms with E-state index in [1.54, 1.807) is 141 Å². The van der Waals surface area contributed by atoms with Gasteiger partial charge in [-0.2, -0.15) is 20.4 Å². The monoisotopic (exact) mass is 1350 g/mol. The van der Waals surface area contributed by atoms with Gasteiger partial charge in [0.2, 0.25) is 0 Å². The van der Waals surface area contributed by atoms with Crippen LogP contribution in [0.3, 0.4) is 0 Å². The van der Waals surface area contributed by atoms with Crippen LogP contribution >= 0.6 is 0 Å². The molecule has 0 unspecified atom stereocenters. The van der Waals surface area contributed by atoms with Crippen LogP contribution in [0, 0.1) is 0 Å². The van der Waals surface area contributed by atoms with E-state index in [4.69, 9.17) is 0 Å². The van der Waals surface area contributed by atoms with Gasteiger partial charge in [-0.3, -0.25) is 18.7 Å². The molecule has 0 fully saturated rings. The van der Waals surface area contributed by atoms with Crippen molar-refractivity contribution in [2.75, 3.05) is 26.4 Å². The number of nitrogens with zero attached hydrogens (tertiary/aromatic N) is 8. The summed E-state index contributed by atoms with van der Waals surface area (Å²) in [7, 11) is 0. The van der Waals surface area contributed by atoms with E-state index in [9.17, 15) is 60.0 Å². The zero-order valence-corrected chi connectivity index (χ0v) is 51.5. The summed E-state index contributed by atoms with van der Waals surface area (Å²) in [5.41, 5.74) is 4.76. The average Bonchev–Trinajstić information content (AvgIpc) is 4.20. The normalized spacial score (nSPS) is 8.71. The Morgan fingerprint density at radius 1 is 0.310 bits per heavy atom. The molecule has 0 radical (unpaired) electrons. The molecule has 0 aliphatic heterocycles. The van der Waals surface area contributed by atoms with Crippen LogP contribution in [-0.2, 0) is 133 Å². The number of carbonyl (C=O) groups is 4. The van der Waals surface area contributed by atoms with Gasteiger partial charge in [0.05, 0.1) is 22.8 Å². The SMILES string of the molecule is CC(C)=O.CC(C)=O.CC(C)=O.CC(C)=O.[Ni+2].[Ni+2].[Ni+2].[Ni+2].[O-]CCn1ccc(-c2ccccc2[O-])n1.[O-]CCn1ccc(-c2ccccc2[O-])n1.[O-]CCn1ccc(-c2ccccc2[O-])n1.[O-]CCn1ccc(-c2ccccc2[O-])n1.[OH3+].[OH3+].[OH3+].[OH3+]. The Hall–Kier alpha value is -6.75. The van der Waals surface area contributed by atoms with Crippen molar-refractivity contribution < 1.29 is 148 Å². The molecule has 8 rings (SSSR count). The summed E-state index contributed by atoms with van der Waals surface area (Å²) < 4.78 is 6.20. The van der Waals surface area contributed by atoms with E-state index in [0.29, 0.717) is 71.2 Å². The van der Waals surface area contributed by atoms with E-state index in [-0.39, 0.29) is 160 Å². The van der Waals surface area contributed by atoms with E-state index < -0.39 is 0 Å². The molecule has 0 aliphatic rings. The van der Waals surface area contributed by atoms with Gasteiger partial charge in [0, 0.05) is 51.0 Å². The molecule has 8 aromatic rings. The number of rotatable bonds is 12. The molecule has 4 aromatic carbocycles. The molecule has 0 bridgehead atoms. The van der Waals surface area contributed by atoms with Gasteiger partial charge in [-0.1, -0.05) is 120 Å². The third kappa shape index (κ3) is 40.5. The van der Waals surface area contributed by atoms with Crippen LogP contribution < -0.4 is 40.9 Å². The summed E-state index contributed by atoms with van der Waals surface area (Å²) in [4.78, 5) is 37.8. The maximum absolute atomic E-state index is 11.5. The Morgan fingerprint density at radius 3 is 0.583 bits per heavy atom. The first kappa shape index (κ1) is 93.7. The maximum Gasteiger partial charge on any atom is 2.00 e. The minimum absolute atomic E-state index is 0. The molecule has 0 atom stereocenters. The van der Waals surface area contributed by atoms with Crippen LogP contribution in [0.4, 0.5) is 0 Å². The second-order valence-corrected chi connectivity index (χ2v) is 16.3. The van der Waals surface area contributed by atoms with Crippen LogP contribution in [0.15, 0.2) is 146 Å². The van der Waals surface area contributed by atoms with Crippen LogP contribution in [0.25, 0.3) is 45.0 Å². The first-order valence-corrected chi connectivity index (χ1v) is 23.6. The number of para-hydroxylation sites is 4. The van der Waals surface area contributed by atoms with Crippen molar-refractivity contribution in [2.45, 2.75) is 81.6 Å². The summed E-state index contributed by atoms with van der Waals surface area (Å²) in [5, 5.41) is 104. The van der Waals surface area contributed by atoms with Gasteiger partial charge in [-0.05, 0) is 102 Å². The smallest absolute Gasteiger partial charge is 0.872 e. The number of benzene rings is 4. The Kier molecular flexibility index (Phi) is 60.4. The van der Waals surface area contributed by atoms with Crippen LogP contribution in [0.5, 0.6) is 23.0 Å². The Morgan fingerprint density at radius 2 is 0.452 bits per heavy atom. The summed E-state index contributed by atoms with van der Waals surface area (Å²) >= 11 is 0. The number of aromatic nitrogens is 8. The van der Waals surface area contributed by atoms with Crippen molar-refractivity contribution in [3.05, 3.63) is 146 Å². The molecule has 28 heteroatoms. The predicted molar refractivity (Wildman–Crippen MR) is 293 cm³/mol. The zero-order valence-electron chi connectivity index (χ0n) is 47.6. The molecule has 0 saturated carbocycles. The third-order valence-electron chi connectivity index (χ3n) is 8.50. The molecule has 4 heterocycles. The number of ketones is 4. The van der Waals surface area contributed by atoms with E-state index in [0.717, 1.165) is 0 Å². The molecule has 0 saturated heterocycles. The Bertz CT molecular complexity index is 2550. The van der Waals surface area contributed by atoms with Crippen molar-refractivity contribution in [1.82, 2.24) is 39.1 Å². The quantitative estimate of drug-likeness (QED) is 0.100. The number of hydrogen-bond acceptors (Lipinski definition) is 16. The number of Topliss-reactive ketones (excluding diaryl/α,β-unsaturated/α-hetero) is 4. The molecule has 12 N–H and O–H groups in total. The Balaban J connectivity index is -0.000000136. The summed E-state index contributed by atoms with van der Waals surface area (Å²) in [6, 6.07) is 33.9. The molecule has 0 spiro atoms. The van der Waals surface area contributed by atoms with Gasteiger partial charge >= 0.3 is 66.0 Å². The van der Waals surface area contributed by atoms with E-state index in [2.05, 4.69) is 20.4 Å². The van der Waals surface area contributed by atoms with E-state index >= 15 is 0 Å². The van der Waals surface area contributed by atoms with Gasteiger partial charge in [-0.25, -0.2) is 0 Å². The zero-order chi connectivity index (χ0) is 57.0. The summed E-state index contributed by atoms with van der Waals surface area (Å²) in [5.74, 6) is 0.462. The minimum atomic E-state index is -0.208. The molecular formula is C56H76N8Ni4O16+4. The third-order valence-corrected chi connectivity index (χ3v) is 8.50. The van der Waals surface area contributed by atoms with Gasteiger partial charge in [-0.15, -0.1) is 26.4 Å². The van der Waals surface area contributed by atoms with Crippen molar-refractivity contribution in [3.8, 4) is 68.0 Å². The van der Waals surface area contributed by atoms with Crippen LogP contribution in [-0.4, -0.2) is 88.7 Å². The molecule has 0 amide bonds. The number of hydrogen-bond donors (Lipinski definition) is 0. The fourth-order valence-corrected chi connectivity index (χ4v) is 5.61. The fourth-order valence-electron chi connectivity index (χ4n) is 5.61. The first-order valence-electron chi connectivity index (χ1n) is 23.6. The van der Waals surface area contributed by atoms with Crippen molar-refractivity contribution in [3.63, 3.8) is 0 Å². The van der Waals surface area contributed by atoms with Crippen molar-refractivity contribution in [2.24, 2.45) is 0 Å². The second kappa shape index (κ2) is 54.2. The Labute approximate surface area is 529 Å². The topological polar surface area (TPSA) is 456 Å². The first-order chi connectivity index (χ1) is 36.2. The van der Waals surface area contributed by atoms with Crippen molar-refractivity contribution in [1.29, 1.82) is 0 Å². The second-order valence-electron chi connectivity index (χ2n) is 16.3. The largest absolute Gasteiger partial charge is 2.00 e. The van der Waals surface area contributed by atoms with Gasteiger partial charge in [0.1, 0.15) is 23.1 Å². The van der Waals surface area contributed by atoms with Gasteiger partial charge in [0.15, 0.2) is 0 Å². The molecule has 24 nitrogen and oxygen atoms in total. The van der Waals surface area contributed by atoms with E-state index in [1.165, 1.54) is 79.7 Å². The summed E-state index contributed by atoms with van der Waals surface area (Å²) in [6.07, 6.45) is 6.83. The molecule has 4 aromatic heterocycles. The maximum atomic E-state index is 11.5. The van der Waals surface area contributed by atoms with E-state index in [1.807, 2.05) is 0 Å². The minimum Gasteiger partial charge on any atom is -0.872 e. The molecular weight excluding hydrogens is 1280 g/mol. The molecule has 472 valence electrons. The molecule has 84 heavy (non-hydrogen) atoms. The van der Waals surface area contributed by atoms with Crippen LogP contribution in [0.1, 0.15) is 55.4 Å². The fraction of sp³-hybridized carbons (Fsp3) is 0.286. The van der Waals surface area contributed by atoms with Gasteiger partial charge < -0.3 is 81.9 Å². The predicted octanol–water partition coefficient (Wildman–Crippen LogP) is -1.38. The van der Waals surface area contributed by atoms with Crippen LogP contribution in [0.2, 0.25) is 0 Å². The van der Waals surface area contributed by atoms with Gasteiger partial charge in [0.25, 0.3) is 0 Å². The molecule has 0 aliphatic carbocycles. The number of carbonyl (C=O) groups excluding carboxylic acids is 4. The standard InChI is InChI=1S/4C11H11N2O2.4C3H6O.4Ni.4H2O/c4*14-8-7-13-6-5-10(12-13)9-3-1-2-4-11(9)15;4*1-3(2)4;;;;;;;;/h4*1-6,15H,7-8H2;4*1-2H3;;;;;4*1H2/q4*-1;;;;;4*+2;;;;. The van der Waals surface area contributed by atoms with Crippen molar-refractivity contribution >= 4 is 23.1 Å².